The molecule has 2 rings (SSSR count). The van der Waals surface area contributed by atoms with Gasteiger partial charge in [-0.3, -0.25) is 0 Å². The third-order valence-corrected chi connectivity index (χ3v) is 3.50. The summed E-state index contributed by atoms with van der Waals surface area (Å²) in [7, 11) is 1.66. The molecule has 0 saturated carbocycles. The van der Waals surface area contributed by atoms with Crippen molar-refractivity contribution in [3.05, 3.63) is 63.9 Å². The van der Waals surface area contributed by atoms with E-state index in [1.165, 1.54) is 6.07 Å². The molecule has 2 aromatic rings. The van der Waals surface area contributed by atoms with E-state index in [0.29, 0.717) is 18.8 Å². The van der Waals surface area contributed by atoms with Crippen LogP contribution in [0, 0.1) is 5.82 Å². The highest BCUT2D eigenvalue weighted by molar-refractivity contribution is 9.10. The first kappa shape index (κ1) is 14.0. The van der Waals surface area contributed by atoms with E-state index in [0.717, 1.165) is 15.6 Å². The standard InChI is InChI=1S/C15H15BrFNO/c1-19-10-12-6-3-2-5-11(12)9-18-15-13(16)7-4-8-14(15)17/h2-8,18H,9-10H2,1H3. The summed E-state index contributed by atoms with van der Waals surface area (Å²) in [4.78, 5) is 0. The molecule has 0 aliphatic carbocycles. The van der Waals surface area contributed by atoms with Gasteiger partial charge in [0.25, 0.3) is 0 Å². The fraction of sp³-hybridized carbons (Fsp3) is 0.200. The summed E-state index contributed by atoms with van der Waals surface area (Å²) in [6.07, 6.45) is 0. The molecule has 1 N–H and O–H groups in total. The van der Waals surface area contributed by atoms with E-state index in [1.54, 1.807) is 13.2 Å². The van der Waals surface area contributed by atoms with Crippen LogP contribution in [-0.2, 0) is 17.9 Å². The van der Waals surface area contributed by atoms with Crippen LogP contribution in [0.5, 0.6) is 0 Å². The Morgan fingerprint density at radius 3 is 2.53 bits per heavy atom. The number of hydrogen-bond donors (Lipinski definition) is 1. The van der Waals surface area contributed by atoms with Crippen molar-refractivity contribution in [1.82, 2.24) is 0 Å². The molecule has 2 aromatic carbocycles. The second-order valence-corrected chi connectivity index (χ2v) is 5.01. The molecule has 0 bridgehead atoms. The average molecular weight is 324 g/mol. The Hall–Kier alpha value is -1.39. The van der Waals surface area contributed by atoms with Gasteiger partial charge in [0, 0.05) is 18.1 Å². The minimum Gasteiger partial charge on any atom is -0.380 e. The monoisotopic (exact) mass is 323 g/mol. The number of nitrogens with one attached hydrogen (secondary N) is 1. The van der Waals surface area contributed by atoms with Gasteiger partial charge in [-0.05, 0) is 39.2 Å². The number of halogens is 2. The van der Waals surface area contributed by atoms with E-state index in [1.807, 2.05) is 30.3 Å². The molecule has 0 fully saturated rings. The molecule has 100 valence electrons. The Labute approximate surface area is 120 Å². The van der Waals surface area contributed by atoms with Gasteiger partial charge in [0.15, 0.2) is 0 Å². The molecule has 19 heavy (non-hydrogen) atoms. The molecule has 0 saturated heterocycles. The van der Waals surface area contributed by atoms with Crippen LogP contribution in [-0.4, -0.2) is 7.11 Å². The van der Waals surface area contributed by atoms with E-state index in [9.17, 15) is 4.39 Å². The highest BCUT2D eigenvalue weighted by Gasteiger charge is 2.07. The molecule has 4 heteroatoms. The molecule has 0 radical (unpaired) electrons. The number of ether oxygens (including phenoxy) is 1. The Morgan fingerprint density at radius 2 is 1.84 bits per heavy atom. The maximum Gasteiger partial charge on any atom is 0.147 e. The van der Waals surface area contributed by atoms with Crippen molar-refractivity contribution in [1.29, 1.82) is 0 Å². The van der Waals surface area contributed by atoms with Gasteiger partial charge in [-0.2, -0.15) is 0 Å². The van der Waals surface area contributed by atoms with Crippen molar-refractivity contribution >= 4 is 21.6 Å². The first-order valence-electron chi connectivity index (χ1n) is 5.96. The predicted molar refractivity (Wildman–Crippen MR) is 78.6 cm³/mol. The maximum atomic E-state index is 13.7. The molecule has 0 aromatic heterocycles. The number of methoxy groups -OCH3 is 1. The van der Waals surface area contributed by atoms with Gasteiger partial charge in [-0.1, -0.05) is 30.3 Å². The molecule has 0 atom stereocenters. The lowest BCUT2D eigenvalue weighted by Crippen LogP contribution is -2.05. The summed E-state index contributed by atoms with van der Waals surface area (Å²) >= 11 is 3.34. The summed E-state index contributed by atoms with van der Waals surface area (Å²) in [5, 5.41) is 3.12. The van der Waals surface area contributed by atoms with Crippen molar-refractivity contribution in [3.63, 3.8) is 0 Å². The molecule has 0 heterocycles. The molecule has 0 spiro atoms. The zero-order valence-corrected chi connectivity index (χ0v) is 12.2. The van der Waals surface area contributed by atoms with Gasteiger partial charge >= 0.3 is 0 Å². The third-order valence-electron chi connectivity index (χ3n) is 2.84. The topological polar surface area (TPSA) is 21.3 Å². The largest absolute Gasteiger partial charge is 0.380 e. The van der Waals surface area contributed by atoms with Crippen molar-refractivity contribution in [3.8, 4) is 0 Å². The Bertz CT molecular complexity index is 539. The number of hydrogen-bond acceptors (Lipinski definition) is 2. The molecule has 0 aliphatic rings. The summed E-state index contributed by atoms with van der Waals surface area (Å²) in [6.45, 7) is 1.11. The lowest BCUT2D eigenvalue weighted by atomic mass is 10.1. The fourth-order valence-electron chi connectivity index (χ4n) is 1.88. The minimum atomic E-state index is -0.265. The van der Waals surface area contributed by atoms with Crippen LogP contribution in [0.1, 0.15) is 11.1 Å². The van der Waals surface area contributed by atoms with E-state index >= 15 is 0 Å². The van der Waals surface area contributed by atoms with E-state index in [-0.39, 0.29) is 5.82 Å². The molecule has 0 amide bonds. The molecular weight excluding hydrogens is 309 g/mol. The fourth-order valence-corrected chi connectivity index (χ4v) is 2.36. The quantitative estimate of drug-likeness (QED) is 0.883. The molecular formula is C15H15BrFNO. The average Bonchev–Trinajstić information content (AvgIpc) is 2.40. The first-order valence-corrected chi connectivity index (χ1v) is 6.75. The normalized spacial score (nSPS) is 10.5. The SMILES string of the molecule is COCc1ccccc1CNc1c(F)cccc1Br. The van der Waals surface area contributed by atoms with E-state index < -0.39 is 0 Å². The second kappa shape index (κ2) is 6.68. The highest BCUT2D eigenvalue weighted by atomic mass is 79.9. The Kier molecular flexibility index (Phi) is 4.93. The van der Waals surface area contributed by atoms with E-state index in [2.05, 4.69) is 21.2 Å². The summed E-state index contributed by atoms with van der Waals surface area (Å²) in [6, 6.07) is 12.9. The minimum absolute atomic E-state index is 0.265. The molecule has 0 unspecified atom stereocenters. The van der Waals surface area contributed by atoms with Crippen LogP contribution < -0.4 is 5.32 Å². The van der Waals surface area contributed by atoms with Gasteiger partial charge in [0.2, 0.25) is 0 Å². The van der Waals surface area contributed by atoms with Crippen molar-refractivity contribution in [2.75, 3.05) is 12.4 Å². The zero-order valence-electron chi connectivity index (χ0n) is 10.6. The van der Waals surface area contributed by atoms with Gasteiger partial charge in [0.05, 0.1) is 12.3 Å². The summed E-state index contributed by atoms with van der Waals surface area (Å²) < 4.78 is 19.6. The predicted octanol–water partition coefficient (Wildman–Crippen LogP) is 4.35. The summed E-state index contributed by atoms with van der Waals surface area (Å²) in [5.41, 5.74) is 2.68. The van der Waals surface area contributed by atoms with Gasteiger partial charge in [-0.15, -0.1) is 0 Å². The Morgan fingerprint density at radius 1 is 1.11 bits per heavy atom. The van der Waals surface area contributed by atoms with Crippen LogP contribution >= 0.6 is 15.9 Å². The van der Waals surface area contributed by atoms with Crippen LogP contribution in [0.2, 0.25) is 0 Å². The first-order chi connectivity index (χ1) is 9.22. The lowest BCUT2D eigenvalue weighted by molar-refractivity contribution is 0.184. The van der Waals surface area contributed by atoms with E-state index in [4.69, 9.17) is 4.74 Å². The maximum absolute atomic E-state index is 13.7. The summed E-state index contributed by atoms with van der Waals surface area (Å²) in [5.74, 6) is -0.265. The number of para-hydroxylation sites is 1. The van der Waals surface area contributed by atoms with Gasteiger partial charge < -0.3 is 10.1 Å². The number of anilines is 1. The molecule has 0 aliphatic heterocycles. The lowest BCUT2D eigenvalue weighted by Gasteiger charge is -2.12. The highest BCUT2D eigenvalue weighted by Crippen LogP contribution is 2.26. The van der Waals surface area contributed by atoms with Crippen LogP contribution in [0.15, 0.2) is 46.9 Å². The second-order valence-electron chi connectivity index (χ2n) is 4.15. The third kappa shape index (κ3) is 3.55. The van der Waals surface area contributed by atoms with Crippen LogP contribution in [0.25, 0.3) is 0 Å². The van der Waals surface area contributed by atoms with Crippen molar-refractivity contribution in [2.24, 2.45) is 0 Å². The van der Waals surface area contributed by atoms with Crippen LogP contribution in [0.4, 0.5) is 10.1 Å². The van der Waals surface area contributed by atoms with Crippen LogP contribution in [0.3, 0.4) is 0 Å². The Balaban J connectivity index is 2.15. The van der Waals surface area contributed by atoms with Crippen molar-refractivity contribution < 1.29 is 9.13 Å². The number of rotatable bonds is 5. The van der Waals surface area contributed by atoms with Crippen molar-refractivity contribution in [2.45, 2.75) is 13.2 Å². The zero-order chi connectivity index (χ0) is 13.7. The van der Waals surface area contributed by atoms with Gasteiger partial charge in [0.1, 0.15) is 5.82 Å². The molecule has 2 nitrogen and oxygen atoms in total. The number of benzene rings is 2. The van der Waals surface area contributed by atoms with Gasteiger partial charge in [-0.25, -0.2) is 4.39 Å². The smallest absolute Gasteiger partial charge is 0.147 e.